The lowest BCUT2D eigenvalue weighted by atomic mass is 10.2. The standard InChI is InChI=1S/C22H18N3.ClH/c1-3-8-18(9-4-1)16-25-15-7-11-20(17-25)23-24-22-14-13-19-10-5-2-6-12-21(19)22;/h1-15,17H,16H2;1H/q+1;/p-1. The highest BCUT2D eigenvalue weighted by Crippen LogP contribution is 2.34. The van der Waals surface area contributed by atoms with E-state index in [0.717, 1.165) is 23.5 Å². The van der Waals surface area contributed by atoms with E-state index in [0.29, 0.717) is 0 Å². The van der Waals surface area contributed by atoms with Crippen LogP contribution in [0, 0.1) is 0 Å². The Labute approximate surface area is 159 Å². The van der Waals surface area contributed by atoms with Gasteiger partial charge in [-0.25, -0.2) is 0 Å². The summed E-state index contributed by atoms with van der Waals surface area (Å²) in [6.45, 7) is 0.819. The molecule has 2 aliphatic carbocycles. The van der Waals surface area contributed by atoms with Gasteiger partial charge in [-0.3, -0.25) is 0 Å². The van der Waals surface area contributed by atoms with Crippen LogP contribution in [-0.2, 0) is 6.54 Å². The van der Waals surface area contributed by atoms with E-state index in [1.54, 1.807) is 0 Å². The molecule has 0 bridgehead atoms. The Hall–Kier alpha value is -3.04. The van der Waals surface area contributed by atoms with E-state index in [9.17, 15) is 0 Å². The second-order valence-electron chi connectivity index (χ2n) is 5.92. The van der Waals surface area contributed by atoms with Crippen molar-refractivity contribution in [1.82, 2.24) is 0 Å². The summed E-state index contributed by atoms with van der Waals surface area (Å²) in [5.41, 5.74) is 5.28. The number of nitrogens with zero attached hydrogens (tertiary/aromatic N) is 3. The third-order valence-corrected chi connectivity index (χ3v) is 4.09. The Kier molecular flexibility index (Phi) is 5.72. The van der Waals surface area contributed by atoms with Gasteiger partial charge in [0.2, 0.25) is 0 Å². The number of aromatic nitrogens is 1. The average Bonchev–Trinajstić information content (AvgIpc) is 2.87. The highest BCUT2D eigenvalue weighted by molar-refractivity contribution is 5.79. The predicted molar refractivity (Wildman–Crippen MR) is 99.4 cm³/mol. The fraction of sp³-hybridized carbons (Fsp3) is 0.0455. The smallest absolute Gasteiger partial charge is 0.196 e. The Morgan fingerprint density at radius 1 is 0.692 bits per heavy atom. The summed E-state index contributed by atoms with van der Waals surface area (Å²) in [7, 11) is 0. The number of pyridine rings is 1. The molecule has 0 saturated carbocycles. The SMILES string of the molecule is [Cl-].c1ccc(C[n+]2cccc(N=Nc3ccc4cccccc3-4)c2)cc1. The zero-order chi connectivity index (χ0) is 16.9. The number of benzene rings is 1. The molecule has 0 spiro atoms. The van der Waals surface area contributed by atoms with Gasteiger partial charge in [0.25, 0.3) is 0 Å². The molecule has 0 unspecified atom stereocenters. The van der Waals surface area contributed by atoms with E-state index < -0.39 is 0 Å². The molecule has 26 heavy (non-hydrogen) atoms. The Morgan fingerprint density at radius 3 is 2.31 bits per heavy atom. The molecule has 4 heteroatoms. The van der Waals surface area contributed by atoms with Gasteiger partial charge in [-0.1, -0.05) is 66.7 Å². The normalized spacial score (nSPS) is 10.8. The summed E-state index contributed by atoms with van der Waals surface area (Å²) in [5.74, 6) is 0. The number of azo groups is 1. The lowest BCUT2D eigenvalue weighted by molar-refractivity contribution is -0.687. The lowest BCUT2D eigenvalue weighted by Gasteiger charge is -1.98. The van der Waals surface area contributed by atoms with Crippen LogP contribution in [0.4, 0.5) is 11.4 Å². The molecule has 0 aliphatic heterocycles. The predicted octanol–water partition coefficient (Wildman–Crippen LogP) is 2.55. The van der Waals surface area contributed by atoms with E-state index in [-0.39, 0.29) is 12.4 Å². The molecule has 0 atom stereocenters. The molecule has 0 amide bonds. The van der Waals surface area contributed by atoms with Gasteiger partial charge in [-0.15, -0.1) is 10.2 Å². The first-order valence-corrected chi connectivity index (χ1v) is 8.31. The first-order chi connectivity index (χ1) is 12.4. The molecule has 1 aromatic carbocycles. The molecule has 1 heterocycles. The summed E-state index contributed by atoms with van der Waals surface area (Å²) in [6.07, 6.45) is 4.06. The van der Waals surface area contributed by atoms with Crippen LogP contribution in [0.5, 0.6) is 0 Å². The quantitative estimate of drug-likeness (QED) is 0.396. The number of rotatable bonds is 4. The zero-order valence-electron chi connectivity index (χ0n) is 14.2. The minimum Gasteiger partial charge on any atom is -1.00 e. The Morgan fingerprint density at radius 2 is 1.46 bits per heavy atom. The van der Waals surface area contributed by atoms with Crippen molar-refractivity contribution in [3.63, 3.8) is 0 Å². The van der Waals surface area contributed by atoms with Crippen LogP contribution in [0.1, 0.15) is 5.56 Å². The highest BCUT2D eigenvalue weighted by Gasteiger charge is 2.07. The molecular weight excluding hydrogens is 342 g/mol. The van der Waals surface area contributed by atoms with Gasteiger partial charge in [0.15, 0.2) is 18.9 Å². The van der Waals surface area contributed by atoms with Crippen LogP contribution < -0.4 is 17.0 Å². The molecule has 0 N–H and O–H groups in total. The number of hydrogen-bond donors (Lipinski definition) is 0. The van der Waals surface area contributed by atoms with E-state index in [1.165, 1.54) is 11.1 Å². The molecular formula is C22H18ClN3. The van der Waals surface area contributed by atoms with Crippen molar-refractivity contribution >= 4 is 11.4 Å². The molecule has 0 fully saturated rings. The summed E-state index contributed by atoms with van der Waals surface area (Å²) in [5, 5.41) is 8.88. The molecule has 3 nitrogen and oxygen atoms in total. The van der Waals surface area contributed by atoms with Crippen molar-refractivity contribution in [3.05, 3.63) is 103 Å². The van der Waals surface area contributed by atoms with Crippen LogP contribution in [-0.4, -0.2) is 0 Å². The molecule has 128 valence electrons. The van der Waals surface area contributed by atoms with Crippen LogP contribution in [0.25, 0.3) is 11.1 Å². The summed E-state index contributed by atoms with van der Waals surface area (Å²) in [4.78, 5) is 0. The molecule has 0 radical (unpaired) electrons. The summed E-state index contributed by atoms with van der Waals surface area (Å²) in [6, 6.07) is 28.7. The van der Waals surface area contributed by atoms with E-state index in [4.69, 9.17) is 0 Å². The van der Waals surface area contributed by atoms with Crippen molar-refractivity contribution < 1.29 is 17.0 Å². The second kappa shape index (κ2) is 8.37. The second-order valence-corrected chi connectivity index (χ2v) is 5.92. The summed E-state index contributed by atoms with van der Waals surface area (Å²) < 4.78 is 2.12. The molecule has 0 saturated heterocycles. The van der Waals surface area contributed by atoms with E-state index in [2.05, 4.69) is 57.3 Å². The van der Waals surface area contributed by atoms with Crippen molar-refractivity contribution in [2.75, 3.05) is 0 Å². The van der Waals surface area contributed by atoms with Crippen molar-refractivity contribution in [2.24, 2.45) is 10.2 Å². The van der Waals surface area contributed by atoms with Crippen LogP contribution in [0.2, 0.25) is 0 Å². The summed E-state index contributed by atoms with van der Waals surface area (Å²) >= 11 is 0. The van der Waals surface area contributed by atoms with Gasteiger partial charge in [0.1, 0.15) is 5.69 Å². The third-order valence-electron chi connectivity index (χ3n) is 4.09. The fourth-order valence-corrected chi connectivity index (χ4v) is 2.86. The maximum absolute atomic E-state index is 4.45. The third kappa shape index (κ3) is 4.13. The van der Waals surface area contributed by atoms with Gasteiger partial charge < -0.3 is 12.4 Å². The minimum atomic E-state index is 0. The van der Waals surface area contributed by atoms with Gasteiger partial charge in [-0.05, 0) is 17.7 Å². The minimum absolute atomic E-state index is 0. The Balaban J connectivity index is 0.00000196. The first kappa shape index (κ1) is 17.8. The number of fused-ring (bicyclic) bond motifs is 1. The first-order valence-electron chi connectivity index (χ1n) is 8.31. The fourth-order valence-electron chi connectivity index (χ4n) is 2.86. The average molecular weight is 360 g/mol. The van der Waals surface area contributed by atoms with Crippen molar-refractivity contribution in [3.8, 4) is 11.1 Å². The molecule has 1 aromatic heterocycles. The van der Waals surface area contributed by atoms with Crippen molar-refractivity contribution in [2.45, 2.75) is 6.54 Å². The maximum atomic E-state index is 4.45. The zero-order valence-corrected chi connectivity index (χ0v) is 14.9. The Bertz CT molecular complexity index is 983. The largest absolute Gasteiger partial charge is 1.00 e. The topological polar surface area (TPSA) is 28.6 Å². The molecule has 4 rings (SSSR count). The monoisotopic (exact) mass is 359 g/mol. The van der Waals surface area contributed by atoms with Gasteiger partial charge in [0, 0.05) is 17.2 Å². The maximum Gasteiger partial charge on any atom is 0.196 e. The highest BCUT2D eigenvalue weighted by atomic mass is 35.5. The van der Waals surface area contributed by atoms with E-state index >= 15 is 0 Å². The van der Waals surface area contributed by atoms with E-state index in [1.807, 2.05) is 54.9 Å². The van der Waals surface area contributed by atoms with Crippen LogP contribution in [0.15, 0.2) is 108 Å². The molecule has 2 aromatic rings. The molecule has 2 aliphatic rings. The van der Waals surface area contributed by atoms with Gasteiger partial charge in [-0.2, -0.15) is 4.57 Å². The number of hydrogen-bond acceptors (Lipinski definition) is 2. The van der Waals surface area contributed by atoms with Gasteiger partial charge >= 0.3 is 0 Å². The van der Waals surface area contributed by atoms with Crippen LogP contribution in [0.3, 0.4) is 0 Å². The van der Waals surface area contributed by atoms with Crippen molar-refractivity contribution in [1.29, 1.82) is 0 Å². The number of halogens is 1. The lowest BCUT2D eigenvalue weighted by Crippen LogP contribution is -3.00. The van der Waals surface area contributed by atoms with Crippen LogP contribution >= 0.6 is 0 Å². The van der Waals surface area contributed by atoms with Gasteiger partial charge in [0.05, 0.1) is 5.69 Å².